The molecule has 0 aliphatic heterocycles. The number of amidine groups is 1. The number of aromatic nitrogens is 4. The summed E-state index contributed by atoms with van der Waals surface area (Å²) >= 11 is 0. The number of anilines is 1. The van der Waals surface area contributed by atoms with Gasteiger partial charge < -0.3 is 13.9 Å². The van der Waals surface area contributed by atoms with E-state index in [4.69, 9.17) is 13.9 Å². The molecule has 2 atom stereocenters. The minimum absolute atomic E-state index is 0.0749. The molecule has 0 aliphatic carbocycles. The zero-order valence-corrected chi connectivity index (χ0v) is 29.2. The second-order valence-corrected chi connectivity index (χ2v) is 18.8. The zero-order valence-electron chi connectivity index (χ0n) is 27.4. The van der Waals surface area contributed by atoms with Crippen LogP contribution in [0.3, 0.4) is 0 Å². The van der Waals surface area contributed by atoms with Gasteiger partial charge >= 0.3 is 0 Å². The Kier molecular flexibility index (Phi) is 11.0. The highest BCUT2D eigenvalue weighted by molar-refractivity contribution is 7.93. The normalized spacial score (nSPS) is 14.6. The van der Waals surface area contributed by atoms with Gasteiger partial charge in [0.1, 0.15) is 34.4 Å². The maximum Gasteiger partial charge on any atom is 0.243 e. The smallest absolute Gasteiger partial charge is 0.243 e. The predicted octanol–water partition coefficient (Wildman–Crippen LogP) is 6.11. The van der Waals surface area contributed by atoms with Gasteiger partial charge in [-0.3, -0.25) is 14.3 Å². The first kappa shape index (κ1) is 35.5. The van der Waals surface area contributed by atoms with Crippen LogP contribution in [0.15, 0.2) is 58.7 Å². The molecule has 0 radical (unpaired) electrons. The van der Waals surface area contributed by atoms with Gasteiger partial charge in [-0.15, -0.1) is 10.2 Å². The molecule has 15 heteroatoms. The molecule has 0 saturated carbocycles. The van der Waals surface area contributed by atoms with Crippen molar-refractivity contribution in [2.75, 3.05) is 18.9 Å². The highest BCUT2D eigenvalue weighted by atomic mass is 32.2. The van der Waals surface area contributed by atoms with Crippen molar-refractivity contribution in [3.8, 4) is 28.6 Å². The summed E-state index contributed by atoms with van der Waals surface area (Å²) in [7, 11) is -3.97. The summed E-state index contributed by atoms with van der Waals surface area (Å²) in [6.45, 7) is 18.1. The van der Waals surface area contributed by atoms with Crippen LogP contribution in [0.2, 0.25) is 18.1 Å². The Morgan fingerprint density at radius 2 is 1.78 bits per heavy atom. The highest BCUT2D eigenvalue weighted by Gasteiger charge is 2.44. The zero-order chi connectivity index (χ0) is 33.7. The largest absolute Gasteiger partial charge is 0.494 e. The molecule has 3 aromatic rings. The molecule has 0 fully saturated rings. The maximum absolute atomic E-state index is 14.2. The molecule has 1 aromatic carbocycles. The van der Waals surface area contributed by atoms with Gasteiger partial charge in [-0.1, -0.05) is 26.8 Å². The fraction of sp³-hybridized carbons (Fsp3) is 0.433. The Labute approximate surface area is 265 Å². The number of aryl methyl sites for hydroxylation is 1. The standard InChI is InChI=1S/C30H42FN7O5SSi/c1-19-15-22(18-33-16-19)28-35-36-29(38(28)25-23(41-8)13-12-14-24(25)42-9)37-44(39,40)21(3)26(27(32-7)34-17-20(2)31)43-45(10,11)30(4,5)6/h12-18,21,26H,7H2,1-6,8-11H3,(H,36,37)/b20-17+,34-27-/t21-,26?/m0/s1. The van der Waals surface area contributed by atoms with E-state index < -0.39 is 35.5 Å². The molecule has 0 aliphatic rings. The van der Waals surface area contributed by atoms with Crippen molar-refractivity contribution in [2.24, 2.45) is 9.98 Å². The lowest BCUT2D eigenvalue weighted by atomic mass is 10.2. The lowest BCUT2D eigenvalue weighted by Crippen LogP contribution is -2.51. The van der Waals surface area contributed by atoms with Crippen LogP contribution < -0.4 is 14.2 Å². The number of benzene rings is 1. The number of pyridine rings is 1. The SMILES string of the molecule is C=N/C(=N\C=C(/C)F)C(O[Si](C)(C)C(C)(C)C)[C@H](C)S(=O)(=O)Nc1nnc(-c2cncc(C)c2)n1-c1c(OC)cccc1OC. The summed E-state index contributed by atoms with van der Waals surface area (Å²) < 4.78 is 64.0. The summed E-state index contributed by atoms with van der Waals surface area (Å²) in [4.78, 5) is 12.3. The molecule has 0 spiro atoms. The highest BCUT2D eigenvalue weighted by Crippen LogP contribution is 2.40. The number of methoxy groups -OCH3 is 2. The topological polar surface area (TPSA) is 142 Å². The van der Waals surface area contributed by atoms with Crippen molar-refractivity contribution in [2.45, 2.75) is 71.0 Å². The van der Waals surface area contributed by atoms with E-state index in [2.05, 4.69) is 36.6 Å². The summed E-state index contributed by atoms with van der Waals surface area (Å²) in [5.41, 5.74) is 1.80. The number of rotatable bonds is 12. The van der Waals surface area contributed by atoms with Crippen LogP contribution in [-0.4, -0.2) is 74.6 Å². The van der Waals surface area contributed by atoms with Crippen LogP contribution in [0.25, 0.3) is 17.1 Å². The Balaban J connectivity index is 2.24. The van der Waals surface area contributed by atoms with E-state index in [-0.39, 0.29) is 22.6 Å². The number of ether oxygens (including phenoxy) is 2. The van der Waals surface area contributed by atoms with Crippen LogP contribution >= 0.6 is 0 Å². The fourth-order valence-corrected chi connectivity index (χ4v) is 6.55. The molecule has 2 aromatic heterocycles. The van der Waals surface area contributed by atoms with Gasteiger partial charge in [-0.05, 0) is 69.4 Å². The van der Waals surface area contributed by atoms with Crippen LogP contribution in [0.1, 0.15) is 40.2 Å². The fourth-order valence-electron chi connectivity index (χ4n) is 4.07. The summed E-state index contributed by atoms with van der Waals surface area (Å²) in [5.74, 6) is 0.232. The predicted molar refractivity (Wildman–Crippen MR) is 178 cm³/mol. The van der Waals surface area contributed by atoms with E-state index in [1.807, 2.05) is 46.9 Å². The first-order chi connectivity index (χ1) is 21.0. The van der Waals surface area contributed by atoms with Gasteiger partial charge in [0, 0.05) is 18.0 Å². The van der Waals surface area contributed by atoms with Crippen LogP contribution in [0.5, 0.6) is 11.5 Å². The molecule has 244 valence electrons. The summed E-state index contributed by atoms with van der Waals surface area (Å²) in [5, 5.41) is 7.00. The van der Waals surface area contributed by atoms with Crippen molar-refractivity contribution in [3.05, 3.63) is 54.2 Å². The molecule has 0 saturated heterocycles. The minimum atomic E-state index is -4.33. The second kappa shape index (κ2) is 14.0. The molecule has 2 heterocycles. The van der Waals surface area contributed by atoms with E-state index in [0.29, 0.717) is 22.7 Å². The lowest BCUT2D eigenvalue weighted by molar-refractivity contribution is 0.237. The van der Waals surface area contributed by atoms with Gasteiger partial charge in [-0.2, -0.15) is 0 Å². The second-order valence-electron chi connectivity index (χ2n) is 12.0. The summed E-state index contributed by atoms with van der Waals surface area (Å²) in [6.07, 6.45) is 3.03. The Morgan fingerprint density at radius 1 is 1.16 bits per heavy atom. The molecule has 0 amide bonds. The first-order valence-corrected chi connectivity index (χ1v) is 18.6. The van der Waals surface area contributed by atoms with Crippen molar-refractivity contribution in [1.29, 1.82) is 0 Å². The number of allylic oxidation sites excluding steroid dienone is 1. The number of hydrogen-bond acceptors (Lipinski definition) is 9. The van der Waals surface area contributed by atoms with Crippen molar-refractivity contribution >= 4 is 36.8 Å². The number of nitrogens with one attached hydrogen (secondary N) is 1. The maximum atomic E-state index is 14.2. The molecule has 3 rings (SSSR count). The Hall–Kier alpha value is -3.95. The van der Waals surface area contributed by atoms with E-state index in [1.165, 1.54) is 32.6 Å². The number of aliphatic imine (C=N–C) groups is 2. The number of nitrogens with zero attached hydrogens (tertiary/aromatic N) is 6. The van der Waals surface area contributed by atoms with E-state index in [1.54, 1.807) is 30.6 Å². The van der Waals surface area contributed by atoms with E-state index in [0.717, 1.165) is 11.8 Å². The molecule has 12 nitrogen and oxygen atoms in total. The Morgan fingerprint density at radius 3 is 2.29 bits per heavy atom. The van der Waals surface area contributed by atoms with Gasteiger partial charge in [-0.25, -0.2) is 22.8 Å². The van der Waals surface area contributed by atoms with Gasteiger partial charge in [0.05, 0.1) is 20.4 Å². The first-order valence-electron chi connectivity index (χ1n) is 14.1. The number of halogens is 1. The third-order valence-corrected chi connectivity index (χ3v) is 13.7. The van der Waals surface area contributed by atoms with Crippen molar-refractivity contribution < 1.29 is 26.7 Å². The molecule has 1 unspecified atom stereocenters. The third-order valence-electron chi connectivity index (χ3n) is 7.59. The molecule has 45 heavy (non-hydrogen) atoms. The quantitative estimate of drug-likeness (QED) is 0.140. The monoisotopic (exact) mass is 659 g/mol. The molecule has 1 N–H and O–H groups in total. The Bertz CT molecular complexity index is 1670. The molecular weight excluding hydrogens is 618 g/mol. The van der Waals surface area contributed by atoms with E-state index in [9.17, 15) is 12.8 Å². The number of sulfonamides is 1. The van der Waals surface area contributed by atoms with Gasteiger partial charge in [0.2, 0.25) is 16.0 Å². The average molecular weight is 660 g/mol. The van der Waals surface area contributed by atoms with Crippen LogP contribution in [0, 0.1) is 6.92 Å². The van der Waals surface area contributed by atoms with Crippen molar-refractivity contribution in [3.63, 3.8) is 0 Å². The van der Waals surface area contributed by atoms with Crippen LogP contribution in [-0.2, 0) is 14.4 Å². The van der Waals surface area contributed by atoms with Crippen molar-refractivity contribution in [1.82, 2.24) is 19.7 Å². The summed E-state index contributed by atoms with van der Waals surface area (Å²) in [6, 6.07) is 7.00. The number of hydrogen-bond donors (Lipinski definition) is 1. The van der Waals surface area contributed by atoms with Gasteiger partial charge in [0.15, 0.2) is 20.0 Å². The molecular formula is C30H42FN7O5SSi. The number of para-hydroxylation sites is 1. The molecule has 0 bridgehead atoms. The van der Waals surface area contributed by atoms with E-state index >= 15 is 0 Å². The van der Waals surface area contributed by atoms with Gasteiger partial charge in [0.25, 0.3) is 0 Å². The average Bonchev–Trinajstić information content (AvgIpc) is 3.37. The lowest BCUT2D eigenvalue weighted by Gasteiger charge is -2.40. The van der Waals surface area contributed by atoms with Crippen LogP contribution in [0.4, 0.5) is 10.3 Å². The third kappa shape index (κ3) is 8.01. The minimum Gasteiger partial charge on any atom is -0.494 e.